The Morgan fingerprint density at radius 2 is 2.00 bits per heavy atom. The van der Waals surface area contributed by atoms with Gasteiger partial charge in [-0.1, -0.05) is 6.92 Å². The summed E-state index contributed by atoms with van der Waals surface area (Å²) in [6.45, 7) is 7.82. The van der Waals surface area contributed by atoms with Gasteiger partial charge < -0.3 is 10.1 Å². The molecule has 0 amide bonds. The van der Waals surface area contributed by atoms with Gasteiger partial charge in [0.05, 0.1) is 12.2 Å². The predicted octanol–water partition coefficient (Wildman–Crippen LogP) is 2.19. The standard InChI is InChI=1S/C12H23NO/c1-10(11-3-4-11)9-14-12(2)5-7-13-8-6-12/h10-11,13H,3-9H2,1-2H3. The zero-order valence-electron chi connectivity index (χ0n) is 9.51. The molecule has 2 rings (SSSR count). The van der Waals surface area contributed by atoms with E-state index >= 15 is 0 Å². The molecule has 1 saturated heterocycles. The molecule has 1 saturated carbocycles. The Labute approximate surface area is 87.4 Å². The SMILES string of the molecule is CC(COC1(C)CCNCC1)C1CC1. The van der Waals surface area contributed by atoms with E-state index in [9.17, 15) is 0 Å². The lowest BCUT2D eigenvalue weighted by Gasteiger charge is -2.35. The van der Waals surface area contributed by atoms with Crippen LogP contribution in [-0.2, 0) is 4.74 Å². The van der Waals surface area contributed by atoms with Gasteiger partial charge in [0.25, 0.3) is 0 Å². The molecule has 1 N–H and O–H groups in total. The van der Waals surface area contributed by atoms with Crippen LogP contribution in [0.2, 0.25) is 0 Å². The largest absolute Gasteiger partial charge is 0.375 e. The van der Waals surface area contributed by atoms with Crippen molar-refractivity contribution in [2.24, 2.45) is 11.8 Å². The highest BCUT2D eigenvalue weighted by molar-refractivity contribution is 4.84. The van der Waals surface area contributed by atoms with Crippen LogP contribution in [0.3, 0.4) is 0 Å². The molecule has 2 heteroatoms. The monoisotopic (exact) mass is 197 g/mol. The van der Waals surface area contributed by atoms with Gasteiger partial charge in [-0.05, 0) is 57.5 Å². The summed E-state index contributed by atoms with van der Waals surface area (Å²) in [6, 6.07) is 0. The van der Waals surface area contributed by atoms with Gasteiger partial charge in [-0.25, -0.2) is 0 Å². The van der Waals surface area contributed by atoms with E-state index in [0.717, 1.165) is 31.5 Å². The molecule has 1 unspecified atom stereocenters. The van der Waals surface area contributed by atoms with Crippen LogP contribution in [0, 0.1) is 11.8 Å². The smallest absolute Gasteiger partial charge is 0.0678 e. The van der Waals surface area contributed by atoms with Crippen LogP contribution < -0.4 is 5.32 Å². The Morgan fingerprint density at radius 3 is 2.57 bits per heavy atom. The molecular weight excluding hydrogens is 174 g/mol. The van der Waals surface area contributed by atoms with Crippen molar-refractivity contribution in [2.45, 2.75) is 45.1 Å². The molecule has 1 aliphatic carbocycles. The van der Waals surface area contributed by atoms with Gasteiger partial charge in [0, 0.05) is 0 Å². The minimum Gasteiger partial charge on any atom is -0.375 e. The molecule has 1 atom stereocenters. The molecule has 0 spiro atoms. The molecule has 2 fully saturated rings. The highest BCUT2D eigenvalue weighted by atomic mass is 16.5. The van der Waals surface area contributed by atoms with Crippen LogP contribution in [0.15, 0.2) is 0 Å². The Hall–Kier alpha value is -0.0800. The summed E-state index contributed by atoms with van der Waals surface area (Å²) in [5, 5.41) is 3.38. The normalized spacial score (nSPS) is 28.7. The molecule has 0 aromatic rings. The van der Waals surface area contributed by atoms with E-state index in [1.165, 1.54) is 25.7 Å². The summed E-state index contributed by atoms with van der Waals surface area (Å²) >= 11 is 0. The van der Waals surface area contributed by atoms with Crippen LogP contribution >= 0.6 is 0 Å². The quantitative estimate of drug-likeness (QED) is 0.746. The lowest BCUT2D eigenvalue weighted by Crippen LogP contribution is -2.42. The van der Waals surface area contributed by atoms with E-state index in [0.29, 0.717) is 0 Å². The summed E-state index contributed by atoms with van der Waals surface area (Å²) in [5.41, 5.74) is 0.161. The van der Waals surface area contributed by atoms with Crippen molar-refractivity contribution < 1.29 is 4.74 Å². The zero-order chi connectivity index (χ0) is 10.0. The number of hydrogen-bond acceptors (Lipinski definition) is 2. The van der Waals surface area contributed by atoms with E-state index in [-0.39, 0.29) is 5.60 Å². The summed E-state index contributed by atoms with van der Waals surface area (Å²) in [4.78, 5) is 0. The third kappa shape index (κ3) is 2.71. The Morgan fingerprint density at radius 1 is 1.36 bits per heavy atom. The first-order valence-corrected chi connectivity index (χ1v) is 6.04. The summed E-state index contributed by atoms with van der Waals surface area (Å²) in [6.07, 6.45) is 5.21. The van der Waals surface area contributed by atoms with Gasteiger partial charge in [0.2, 0.25) is 0 Å². The molecular formula is C12H23NO. The number of piperidine rings is 1. The van der Waals surface area contributed by atoms with Gasteiger partial charge in [-0.2, -0.15) is 0 Å². The van der Waals surface area contributed by atoms with Crippen molar-refractivity contribution >= 4 is 0 Å². The van der Waals surface area contributed by atoms with Crippen molar-refractivity contribution in [3.63, 3.8) is 0 Å². The van der Waals surface area contributed by atoms with Crippen LogP contribution in [0.5, 0.6) is 0 Å². The molecule has 1 heterocycles. The van der Waals surface area contributed by atoms with E-state index < -0.39 is 0 Å². The number of ether oxygens (including phenoxy) is 1. The molecule has 0 aromatic carbocycles. The fourth-order valence-corrected chi connectivity index (χ4v) is 2.23. The van der Waals surface area contributed by atoms with Crippen molar-refractivity contribution in [1.82, 2.24) is 5.32 Å². The van der Waals surface area contributed by atoms with Gasteiger partial charge >= 0.3 is 0 Å². The first-order chi connectivity index (χ1) is 6.70. The molecule has 14 heavy (non-hydrogen) atoms. The van der Waals surface area contributed by atoms with E-state index in [4.69, 9.17) is 4.74 Å². The van der Waals surface area contributed by atoms with Gasteiger partial charge in [0.1, 0.15) is 0 Å². The average molecular weight is 197 g/mol. The second kappa shape index (κ2) is 4.19. The lowest BCUT2D eigenvalue weighted by atomic mass is 9.94. The van der Waals surface area contributed by atoms with Crippen LogP contribution in [0.25, 0.3) is 0 Å². The van der Waals surface area contributed by atoms with Gasteiger partial charge in [0.15, 0.2) is 0 Å². The summed E-state index contributed by atoms with van der Waals surface area (Å²) < 4.78 is 6.09. The van der Waals surface area contributed by atoms with Crippen molar-refractivity contribution in [2.75, 3.05) is 19.7 Å². The van der Waals surface area contributed by atoms with Crippen molar-refractivity contribution in [1.29, 1.82) is 0 Å². The Kier molecular flexibility index (Phi) is 3.13. The first kappa shape index (κ1) is 10.4. The van der Waals surface area contributed by atoms with Crippen molar-refractivity contribution in [3.05, 3.63) is 0 Å². The number of nitrogens with one attached hydrogen (secondary N) is 1. The minimum absolute atomic E-state index is 0.161. The topological polar surface area (TPSA) is 21.3 Å². The highest BCUT2D eigenvalue weighted by Gasteiger charge is 2.32. The van der Waals surface area contributed by atoms with E-state index in [1.807, 2.05) is 0 Å². The Balaban J connectivity index is 1.71. The number of hydrogen-bond donors (Lipinski definition) is 1. The zero-order valence-corrected chi connectivity index (χ0v) is 9.51. The number of rotatable bonds is 4. The van der Waals surface area contributed by atoms with E-state index in [2.05, 4.69) is 19.2 Å². The van der Waals surface area contributed by atoms with Crippen molar-refractivity contribution in [3.8, 4) is 0 Å². The third-order valence-electron chi connectivity index (χ3n) is 3.78. The molecule has 1 aliphatic heterocycles. The summed E-state index contributed by atoms with van der Waals surface area (Å²) in [7, 11) is 0. The minimum atomic E-state index is 0.161. The van der Waals surface area contributed by atoms with E-state index in [1.54, 1.807) is 0 Å². The predicted molar refractivity (Wildman–Crippen MR) is 58.3 cm³/mol. The molecule has 0 aromatic heterocycles. The first-order valence-electron chi connectivity index (χ1n) is 6.04. The van der Waals surface area contributed by atoms with Crippen LogP contribution in [-0.4, -0.2) is 25.3 Å². The Bertz CT molecular complexity index is 183. The molecule has 0 bridgehead atoms. The fourth-order valence-electron chi connectivity index (χ4n) is 2.23. The maximum absolute atomic E-state index is 6.09. The fraction of sp³-hybridized carbons (Fsp3) is 1.00. The third-order valence-corrected chi connectivity index (χ3v) is 3.78. The van der Waals surface area contributed by atoms with Crippen LogP contribution in [0.1, 0.15) is 39.5 Å². The molecule has 0 radical (unpaired) electrons. The lowest BCUT2D eigenvalue weighted by molar-refractivity contribution is -0.0664. The second-order valence-electron chi connectivity index (χ2n) is 5.33. The molecule has 2 nitrogen and oxygen atoms in total. The van der Waals surface area contributed by atoms with Gasteiger partial charge in [-0.3, -0.25) is 0 Å². The maximum atomic E-state index is 6.09. The average Bonchev–Trinajstić information content (AvgIpc) is 2.99. The summed E-state index contributed by atoms with van der Waals surface area (Å²) in [5.74, 6) is 1.75. The molecule has 2 aliphatic rings. The van der Waals surface area contributed by atoms with Gasteiger partial charge in [-0.15, -0.1) is 0 Å². The highest BCUT2D eigenvalue weighted by Crippen LogP contribution is 2.37. The second-order valence-corrected chi connectivity index (χ2v) is 5.33. The maximum Gasteiger partial charge on any atom is 0.0678 e. The molecule has 82 valence electrons. The van der Waals surface area contributed by atoms with Crippen LogP contribution in [0.4, 0.5) is 0 Å².